The van der Waals surface area contributed by atoms with Gasteiger partial charge in [-0.2, -0.15) is 26.3 Å². The van der Waals surface area contributed by atoms with E-state index in [1.165, 1.54) is 42.6 Å². The van der Waals surface area contributed by atoms with Crippen LogP contribution in [0.3, 0.4) is 0 Å². The first-order valence-corrected chi connectivity index (χ1v) is 11.5. The van der Waals surface area contributed by atoms with E-state index in [4.69, 9.17) is 11.6 Å². The Hall–Kier alpha value is -4.25. The van der Waals surface area contributed by atoms with Gasteiger partial charge in [-0.05, 0) is 36.4 Å². The number of rotatable bonds is 8. The van der Waals surface area contributed by atoms with Gasteiger partial charge in [-0.15, -0.1) is 10.2 Å². The lowest BCUT2D eigenvalue weighted by Gasteiger charge is -2.15. The summed E-state index contributed by atoms with van der Waals surface area (Å²) in [5, 5.41) is 20.2. The standard InChI is InChI=1S/C22H17ClF6N8O3/c23-13-5-3-12(4-6-13)19-34-36(20(40)35(19)9-15(38)22(27,28)29)10-16-31-11-37(33-16)14-2-1-7-30-18(14)32-17(39)8-21(24,25)26/h1-7,11,15,38H,8-10H2,(H,30,32,39)/t15-/m0/s1. The van der Waals surface area contributed by atoms with Crippen molar-refractivity contribution in [2.24, 2.45) is 0 Å². The first-order chi connectivity index (χ1) is 18.7. The number of aromatic nitrogens is 7. The molecule has 0 fully saturated rings. The number of amides is 1. The molecule has 3 heterocycles. The topological polar surface area (TPSA) is 133 Å². The minimum absolute atomic E-state index is 0.0461. The smallest absolute Gasteiger partial charge is 0.382 e. The summed E-state index contributed by atoms with van der Waals surface area (Å²) in [7, 11) is 0. The summed E-state index contributed by atoms with van der Waals surface area (Å²) < 4.78 is 79.2. The fourth-order valence-corrected chi connectivity index (χ4v) is 3.58. The van der Waals surface area contributed by atoms with E-state index in [1.807, 2.05) is 5.32 Å². The molecule has 1 aromatic carbocycles. The number of aliphatic hydroxyl groups excluding tert-OH is 1. The largest absolute Gasteiger partial charge is 0.416 e. The lowest BCUT2D eigenvalue weighted by molar-refractivity contribution is -0.207. The Balaban J connectivity index is 1.64. The van der Waals surface area contributed by atoms with Gasteiger partial charge in [0.25, 0.3) is 0 Å². The number of anilines is 1. The third kappa shape index (κ3) is 6.84. The van der Waals surface area contributed by atoms with Crippen molar-refractivity contribution in [1.29, 1.82) is 0 Å². The monoisotopic (exact) mass is 590 g/mol. The van der Waals surface area contributed by atoms with Gasteiger partial charge in [0.1, 0.15) is 25.0 Å². The summed E-state index contributed by atoms with van der Waals surface area (Å²) >= 11 is 5.87. The van der Waals surface area contributed by atoms with Crippen LogP contribution >= 0.6 is 11.6 Å². The fourth-order valence-electron chi connectivity index (χ4n) is 3.45. The van der Waals surface area contributed by atoms with Crippen LogP contribution in [0.5, 0.6) is 0 Å². The van der Waals surface area contributed by atoms with Gasteiger partial charge in [-0.1, -0.05) is 11.6 Å². The van der Waals surface area contributed by atoms with Gasteiger partial charge in [0.2, 0.25) is 5.91 Å². The number of pyridine rings is 1. The highest BCUT2D eigenvalue weighted by Crippen LogP contribution is 2.25. The molecule has 0 radical (unpaired) electrons. The first-order valence-electron chi connectivity index (χ1n) is 11.1. The van der Waals surface area contributed by atoms with Crippen molar-refractivity contribution in [2.75, 3.05) is 5.32 Å². The van der Waals surface area contributed by atoms with Crippen molar-refractivity contribution < 1.29 is 36.2 Å². The van der Waals surface area contributed by atoms with E-state index in [-0.39, 0.29) is 28.7 Å². The van der Waals surface area contributed by atoms with E-state index in [2.05, 4.69) is 20.2 Å². The third-order valence-corrected chi connectivity index (χ3v) is 5.49. The maximum Gasteiger partial charge on any atom is 0.416 e. The van der Waals surface area contributed by atoms with Crippen molar-refractivity contribution in [1.82, 2.24) is 34.1 Å². The molecule has 212 valence electrons. The van der Waals surface area contributed by atoms with Crippen LogP contribution in [0.2, 0.25) is 5.02 Å². The van der Waals surface area contributed by atoms with E-state index in [9.17, 15) is 41.0 Å². The second-order valence-corrected chi connectivity index (χ2v) is 8.69. The van der Waals surface area contributed by atoms with Crippen molar-refractivity contribution in [2.45, 2.75) is 38.0 Å². The first kappa shape index (κ1) is 28.8. The molecule has 0 aliphatic heterocycles. The Bertz CT molecular complexity index is 1560. The molecule has 0 saturated carbocycles. The molecular weight excluding hydrogens is 574 g/mol. The van der Waals surface area contributed by atoms with Crippen LogP contribution in [0.1, 0.15) is 12.2 Å². The summed E-state index contributed by atoms with van der Waals surface area (Å²) in [5.74, 6) is -1.87. The van der Waals surface area contributed by atoms with Crippen LogP contribution in [0.15, 0.2) is 53.7 Å². The lowest BCUT2D eigenvalue weighted by Crippen LogP contribution is -2.37. The maximum absolute atomic E-state index is 13.0. The minimum atomic E-state index is -5.00. The molecule has 3 aromatic heterocycles. The maximum atomic E-state index is 13.0. The van der Waals surface area contributed by atoms with E-state index in [0.717, 1.165) is 15.7 Å². The molecule has 18 heteroatoms. The number of benzene rings is 1. The number of carbonyl (C=O) groups excluding carboxylic acids is 1. The average Bonchev–Trinajstić information content (AvgIpc) is 3.43. The molecule has 40 heavy (non-hydrogen) atoms. The van der Waals surface area contributed by atoms with E-state index in [1.54, 1.807) is 0 Å². The van der Waals surface area contributed by atoms with Crippen molar-refractivity contribution in [3.8, 4) is 17.1 Å². The molecule has 0 saturated heterocycles. The highest BCUT2D eigenvalue weighted by Gasteiger charge is 2.39. The van der Waals surface area contributed by atoms with Crippen LogP contribution in [0.4, 0.5) is 32.2 Å². The van der Waals surface area contributed by atoms with Crippen LogP contribution in [0.25, 0.3) is 17.1 Å². The molecule has 1 atom stereocenters. The SMILES string of the molecule is O=C(CC(F)(F)F)Nc1ncccc1-n1cnc(Cn2nc(-c3ccc(Cl)cc3)n(C[C@H](O)C(F)(F)F)c2=O)n1. The number of halogens is 7. The zero-order valence-electron chi connectivity index (χ0n) is 19.9. The number of nitrogens with one attached hydrogen (secondary N) is 1. The van der Waals surface area contributed by atoms with Crippen LogP contribution < -0.4 is 11.0 Å². The molecule has 0 unspecified atom stereocenters. The quantitative estimate of drug-likeness (QED) is 0.301. The van der Waals surface area contributed by atoms with E-state index in [0.29, 0.717) is 9.59 Å². The normalized spacial score (nSPS) is 12.9. The van der Waals surface area contributed by atoms with Crippen LogP contribution in [-0.2, 0) is 17.9 Å². The number of alkyl halides is 6. The molecule has 0 aliphatic carbocycles. The number of nitrogens with zero attached hydrogens (tertiary/aromatic N) is 7. The minimum Gasteiger partial charge on any atom is -0.382 e. The number of aliphatic hydroxyl groups is 1. The number of hydrogen-bond donors (Lipinski definition) is 2. The van der Waals surface area contributed by atoms with Gasteiger partial charge in [-0.25, -0.2) is 24.1 Å². The summed E-state index contributed by atoms with van der Waals surface area (Å²) in [5.41, 5.74) is -0.724. The van der Waals surface area contributed by atoms with Gasteiger partial charge in [0, 0.05) is 16.8 Å². The Labute approximate surface area is 224 Å². The molecule has 0 bridgehead atoms. The molecule has 2 N–H and O–H groups in total. The molecule has 0 aliphatic rings. The summed E-state index contributed by atoms with van der Waals surface area (Å²) in [6.07, 6.45) is -12.0. The van der Waals surface area contributed by atoms with Gasteiger partial charge in [0.05, 0.1) is 6.54 Å². The van der Waals surface area contributed by atoms with E-state index < -0.39 is 49.6 Å². The highest BCUT2D eigenvalue weighted by atomic mass is 35.5. The number of carbonyl (C=O) groups is 1. The Morgan fingerprint density at radius 1 is 1.05 bits per heavy atom. The zero-order chi connectivity index (χ0) is 29.2. The predicted molar refractivity (Wildman–Crippen MR) is 127 cm³/mol. The Morgan fingerprint density at radius 3 is 2.40 bits per heavy atom. The van der Waals surface area contributed by atoms with Gasteiger partial charge >= 0.3 is 18.0 Å². The molecule has 11 nitrogen and oxygen atoms in total. The summed E-state index contributed by atoms with van der Waals surface area (Å²) in [6, 6.07) is 8.53. The molecule has 4 rings (SSSR count). The zero-order valence-corrected chi connectivity index (χ0v) is 20.6. The molecular formula is C22H17ClF6N8O3. The molecule has 0 spiro atoms. The third-order valence-electron chi connectivity index (χ3n) is 5.24. The second kappa shape index (κ2) is 11.1. The van der Waals surface area contributed by atoms with Gasteiger partial charge in [-0.3, -0.25) is 9.36 Å². The van der Waals surface area contributed by atoms with Crippen molar-refractivity contribution in [3.05, 3.63) is 70.3 Å². The summed E-state index contributed by atoms with van der Waals surface area (Å²) in [6.45, 7) is -1.57. The van der Waals surface area contributed by atoms with Gasteiger partial charge in [0.15, 0.2) is 23.6 Å². The fraction of sp³-hybridized carbons (Fsp3) is 0.273. The van der Waals surface area contributed by atoms with Crippen molar-refractivity contribution >= 4 is 23.3 Å². The second-order valence-electron chi connectivity index (χ2n) is 8.26. The van der Waals surface area contributed by atoms with Gasteiger partial charge < -0.3 is 10.4 Å². The van der Waals surface area contributed by atoms with Crippen molar-refractivity contribution in [3.63, 3.8) is 0 Å². The van der Waals surface area contributed by atoms with Crippen LogP contribution in [-0.4, -0.2) is 63.6 Å². The highest BCUT2D eigenvalue weighted by molar-refractivity contribution is 6.30. The number of hydrogen-bond acceptors (Lipinski definition) is 7. The van der Waals surface area contributed by atoms with Crippen LogP contribution in [0, 0.1) is 0 Å². The lowest BCUT2D eigenvalue weighted by atomic mass is 10.2. The summed E-state index contributed by atoms with van der Waals surface area (Å²) in [4.78, 5) is 32.6. The average molecular weight is 591 g/mol. The molecule has 1 amide bonds. The Kier molecular flexibility index (Phi) is 7.97. The predicted octanol–water partition coefficient (Wildman–Crippen LogP) is 3.20. The molecule has 4 aromatic rings. The van der Waals surface area contributed by atoms with E-state index >= 15 is 0 Å². The Morgan fingerprint density at radius 2 is 1.75 bits per heavy atom.